The summed E-state index contributed by atoms with van der Waals surface area (Å²) in [6.07, 6.45) is 4.93. The number of nitrogens with one attached hydrogen (secondary N) is 3. The number of rotatable bonds is 9. The highest BCUT2D eigenvalue weighted by molar-refractivity contribution is 7.92. The van der Waals surface area contributed by atoms with Crippen LogP contribution in [-0.4, -0.2) is 79.6 Å². The third kappa shape index (κ3) is 5.34. The Morgan fingerprint density at radius 2 is 1.94 bits per heavy atom. The van der Waals surface area contributed by atoms with Crippen LogP contribution in [0.1, 0.15) is 24.5 Å². The molecule has 4 rings (SSSR count). The van der Waals surface area contributed by atoms with Gasteiger partial charge in [-0.1, -0.05) is 0 Å². The molecule has 190 valence electrons. The lowest BCUT2D eigenvalue weighted by molar-refractivity contribution is 0.497. The smallest absolute Gasteiger partial charge is 0.242 e. The zero-order valence-electron chi connectivity index (χ0n) is 18.6. The lowest BCUT2D eigenvalue weighted by Gasteiger charge is -2.34. The summed E-state index contributed by atoms with van der Waals surface area (Å²) in [6.45, 7) is 0.970. The van der Waals surface area contributed by atoms with Crippen LogP contribution in [0.4, 0.5) is 5.69 Å². The van der Waals surface area contributed by atoms with Crippen molar-refractivity contribution in [2.45, 2.75) is 34.6 Å². The predicted octanol–water partition coefficient (Wildman–Crippen LogP) is -1.81. The second kappa shape index (κ2) is 9.96. The molecule has 0 spiro atoms. The topological polar surface area (TPSA) is 245 Å². The van der Waals surface area contributed by atoms with E-state index in [-0.39, 0.29) is 30.4 Å². The average molecular weight is 526 g/mol. The molecule has 0 bridgehead atoms. The molecular formula is C18H27N11O4S2. The second-order valence-corrected chi connectivity index (χ2v) is 11.4. The molecular weight excluding hydrogens is 498 g/mol. The van der Waals surface area contributed by atoms with Crippen molar-refractivity contribution >= 4 is 25.7 Å². The van der Waals surface area contributed by atoms with Crippen LogP contribution in [0.5, 0.6) is 0 Å². The van der Waals surface area contributed by atoms with Gasteiger partial charge in [0.25, 0.3) is 0 Å². The van der Waals surface area contributed by atoms with Crippen LogP contribution < -0.4 is 26.2 Å². The van der Waals surface area contributed by atoms with Crippen LogP contribution in [0, 0.1) is 0 Å². The first kappa shape index (κ1) is 25.1. The van der Waals surface area contributed by atoms with Crippen molar-refractivity contribution in [2.75, 3.05) is 31.1 Å². The molecule has 35 heavy (non-hydrogen) atoms. The average Bonchev–Trinajstić information content (AvgIpc) is 3.56. The Hall–Kier alpha value is -2.96. The molecule has 1 aromatic carbocycles. The minimum Gasteiger partial charge on any atom is -0.371 e. The maximum absolute atomic E-state index is 13.1. The van der Waals surface area contributed by atoms with E-state index in [0.29, 0.717) is 18.8 Å². The van der Waals surface area contributed by atoms with Gasteiger partial charge in [-0.3, -0.25) is 0 Å². The number of benzene rings is 1. The van der Waals surface area contributed by atoms with E-state index in [0.717, 1.165) is 18.5 Å². The highest BCUT2D eigenvalue weighted by Gasteiger charge is 2.34. The number of aromatic nitrogens is 6. The van der Waals surface area contributed by atoms with Crippen molar-refractivity contribution in [2.24, 2.45) is 16.6 Å². The van der Waals surface area contributed by atoms with E-state index in [9.17, 15) is 16.8 Å². The fourth-order valence-corrected chi connectivity index (χ4v) is 6.78. The lowest BCUT2D eigenvalue weighted by atomic mass is 9.93. The summed E-state index contributed by atoms with van der Waals surface area (Å²) in [7, 11) is -8.90. The van der Waals surface area contributed by atoms with Gasteiger partial charge in [0.05, 0.1) is 11.9 Å². The molecule has 1 saturated heterocycles. The van der Waals surface area contributed by atoms with Gasteiger partial charge in [0.1, 0.15) is 9.79 Å². The molecule has 0 aliphatic carbocycles. The summed E-state index contributed by atoms with van der Waals surface area (Å²) in [6, 6.07) is 2.07. The van der Waals surface area contributed by atoms with Crippen LogP contribution in [0.2, 0.25) is 0 Å². The molecule has 1 aliphatic heterocycles. The van der Waals surface area contributed by atoms with Crippen LogP contribution >= 0.6 is 0 Å². The van der Waals surface area contributed by atoms with Crippen LogP contribution in [0.25, 0.3) is 11.4 Å². The summed E-state index contributed by atoms with van der Waals surface area (Å²) in [5, 5.41) is 19.2. The molecule has 2 aromatic heterocycles. The Labute approximate surface area is 202 Å². The molecule has 0 amide bonds. The first-order valence-corrected chi connectivity index (χ1v) is 13.8. The molecule has 0 saturated carbocycles. The van der Waals surface area contributed by atoms with Crippen LogP contribution in [0.15, 0.2) is 34.4 Å². The van der Waals surface area contributed by atoms with Gasteiger partial charge in [0.15, 0.2) is 0 Å². The molecule has 1 fully saturated rings. The largest absolute Gasteiger partial charge is 0.371 e. The van der Waals surface area contributed by atoms with Gasteiger partial charge in [0.2, 0.25) is 25.9 Å². The van der Waals surface area contributed by atoms with Crippen molar-refractivity contribution in [3.05, 3.63) is 30.4 Å². The second-order valence-electron chi connectivity index (χ2n) is 8.18. The van der Waals surface area contributed by atoms with Gasteiger partial charge in [-0.25, -0.2) is 31.7 Å². The van der Waals surface area contributed by atoms with E-state index in [1.807, 2.05) is 4.90 Å². The Balaban J connectivity index is 1.79. The molecule has 0 radical (unpaired) electrons. The standard InChI is InChI=1S/C18H27N11O4S2/c19-7-12(20)8-24-35(32,33)15-2-1-14(16(17(15)34(21,30)31)18-25-27-28-26-18)29-5-3-11(4-6-29)13-9-22-10-23-13/h1-2,9-12,24H,3-8,19-20H2,(H,22,23)(H2,21,30,31)(H,25,26,27,28)/t12-/m0/s1. The Kier molecular flexibility index (Phi) is 7.15. The van der Waals surface area contributed by atoms with Crippen molar-refractivity contribution in [3.8, 4) is 11.4 Å². The van der Waals surface area contributed by atoms with Crippen molar-refractivity contribution in [3.63, 3.8) is 0 Å². The number of piperidine rings is 1. The highest BCUT2D eigenvalue weighted by atomic mass is 32.2. The number of anilines is 1. The number of tetrazole rings is 1. The van der Waals surface area contributed by atoms with Gasteiger partial charge in [-0.15, -0.1) is 10.2 Å². The number of sulfonamides is 2. The number of imidazole rings is 1. The summed E-state index contributed by atoms with van der Waals surface area (Å²) >= 11 is 0. The molecule has 3 aromatic rings. The SMILES string of the molecule is NC[C@H](N)CNS(=O)(=O)c1ccc(N2CCC(c3cnc[nH]3)CC2)c(-c2nn[nH]n2)c1S(N)(=O)=O. The van der Waals surface area contributed by atoms with Crippen molar-refractivity contribution < 1.29 is 16.8 Å². The van der Waals surface area contributed by atoms with Gasteiger partial charge in [-0.2, -0.15) is 5.21 Å². The molecule has 3 heterocycles. The first-order chi connectivity index (χ1) is 16.6. The maximum atomic E-state index is 13.1. The zero-order valence-corrected chi connectivity index (χ0v) is 20.3. The summed E-state index contributed by atoms with van der Waals surface area (Å²) < 4.78 is 54.0. The van der Waals surface area contributed by atoms with Crippen LogP contribution in [0.3, 0.4) is 0 Å². The van der Waals surface area contributed by atoms with E-state index in [4.69, 9.17) is 16.6 Å². The van der Waals surface area contributed by atoms with E-state index in [2.05, 4.69) is 35.3 Å². The predicted molar refractivity (Wildman–Crippen MR) is 126 cm³/mol. The van der Waals surface area contributed by atoms with E-state index in [1.165, 1.54) is 12.1 Å². The van der Waals surface area contributed by atoms with Gasteiger partial charge in [0, 0.05) is 55.7 Å². The van der Waals surface area contributed by atoms with Gasteiger partial charge in [-0.05, 0) is 30.2 Å². The lowest BCUT2D eigenvalue weighted by Crippen LogP contribution is -2.42. The molecule has 1 atom stereocenters. The van der Waals surface area contributed by atoms with Crippen molar-refractivity contribution in [1.82, 2.24) is 35.3 Å². The van der Waals surface area contributed by atoms with E-state index < -0.39 is 35.9 Å². The highest BCUT2D eigenvalue weighted by Crippen LogP contribution is 2.40. The number of aromatic amines is 2. The normalized spacial score (nSPS) is 16.5. The minimum atomic E-state index is -4.56. The van der Waals surface area contributed by atoms with Crippen LogP contribution in [-0.2, 0) is 20.0 Å². The number of hydrogen-bond acceptors (Lipinski definition) is 11. The molecule has 17 heteroatoms. The maximum Gasteiger partial charge on any atom is 0.242 e. The van der Waals surface area contributed by atoms with Gasteiger partial charge >= 0.3 is 0 Å². The number of nitrogens with two attached hydrogens (primary N) is 3. The number of H-pyrrole nitrogens is 2. The minimum absolute atomic E-state index is 0.0338. The molecule has 9 N–H and O–H groups in total. The molecule has 1 aliphatic rings. The number of nitrogens with zero attached hydrogens (tertiary/aromatic N) is 5. The van der Waals surface area contributed by atoms with E-state index >= 15 is 0 Å². The molecule has 15 nitrogen and oxygen atoms in total. The van der Waals surface area contributed by atoms with Crippen molar-refractivity contribution in [1.29, 1.82) is 0 Å². The Bertz CT molecular complexity index is 1350. The monoisotopic (exact) mass is 525 g/mol. The first-order valence-electron chi connectivity index (χ1n) is 10.7. The number of primary sulfonamides is 1. The summed E-state index contributed by atoms with van der Waals surface area (Å²) in [5.41, 5.74) is 12.6. The number of hydrogen-bond donors (Lipinski definition) is 6. The fraction of sp³-hybridized carbons (Fsp3) is 0.444. The van der Waals surface area contributed by atoms with E-state index in [1.54, 1.807) is 12.5 Å². The Morgan fingerprint density at radius 1 is 1.20 bits per heavy atom. The third-order valence-electron chi connectivity index (χ3n) is 5.88. The quantitative estimate of drug-likeness (QED) is 0.182. The third-order valence-corrected chi connectivity index (χ3v) is 8.46. The zero-order chi connectivity index (χ0) is 25.2. The summed E-state index contributed by atoms with van der Waals surface area (Å²) in [4.78, 5) is 7.97. The fourth-order valence-electron chi connectivity index (χ4n) is 4.09. The molecule has 0 unspecified atom stereocenters. The Morgan fingerprint density at radius 3 is 2.51 bits per heavy atom. The summed E-state index contributed by atoms with van der Waals surface area (Å²) in [5.74, 6) is 0.158. The van der Waals surface area contributed by atoms with Gasteiger partial charge < -0.3 is 21.4 Å².